The topological polar surface area (TPSA) is 126 Å². The maximum atomic E-state index is 14.2. The fraction of sp³-hybridized carbons (Fsp3) is 0.355. The second-order valence-electron chi connectivity index (χ2n) is 11.2. The number of nitriles is 1. The molecule has 208 valence electrons. The van der Waals surface area contributed by atoms with E-state index in [1.165, 1.54) is 11.6 Å². The molecule has 1 aliphatic heterocycles. The SMILES string of the molecule is N#Cc1ccc(COc2cccc(C3=CCC4(CC3)CC4c3nc4cc(C(=O)O)[nH]c4n3CC3CCO3)n2)c(F)c1. The van der Waals surface area contributed by atoms with Crippen LogP contribution >= 0.6 is 0 Å². The predicted molar refractivity (Wildman–Crippen MR) is 147 cm³/mol. The van der Waals surface area contributed by atoms with Crippen LogP contribution in [0, 0.1) is 22.6 Å². The summed E-state index contributed by atoms with van der Waals surface area (Å²) in [7, 11) is 0. The average Bonchev–Trinajstić information content (AvgIpc) is 3.30. The summed E-state index contributed by atoms with van der Waals surface area (Å²) in [6.45, 7) is 1.46. The minimum absolute atomic E-state index is 0.0261. The first-order chi connectivity index (χ1) is 19.9. The van der Waals surface area contributed by atoms with Crippen LogP contribution in [0.5, 0.6) is 5.88 Å². The fourth-order valence-electron chi connectivity index (χ4n) is 6.14. The van der Waals surface area contributed by atoms with E-state index in [-0.39, 0.29) is 29.4 Å². The van der Waals surface area contributed by atoms with Gasteiger partial charge in [0, 0.05) is 24.2 Å². The van der Waals surface area contributed by atoms with Crippen molar-refractivity contribution in [3.63, 3.8) is 0 Å². The van der Waals surface area contributed by atoms with Gasteiger partial charge in [-0.1, -0.05) is 18.2 Å². The normalized spacial score (nSPS) is 23.2. The van der Waals surface area contributed by atoms with Gasteiger partial charge >= 0.3 is 5.97 Å². The fourth-order valence-corrected chi connectivity index (χ4v) is 6.14. The minimum Gasteiger partial charge on any atom is -0.477 e. The van der Waals surface area contributed by atoms with Crippen molar-refractivity contribution in [3.8, 4) is 11.9 Å². The highest BCUT2D eigenvalue weighted by Gasteiger charge is 2.56. The largest absolute Gasteiger partial charge is 0.477 e. The molecule has 7 rings (SSSR count). The number of carboxylic acids is 1. The van der Waals surface area contributed by atoms with Crippen molar-refractivity contribution in [1.82, 2.24) is 19.5 Å². The number of nitrogens with one attached hydrogen (secondary N) is 1. The number of carbonyl (C=O) groups is 1. The maximum Gasteiger partial charge on any atom is 0.352 e. The zero-order chi connectivity index (χ0) is 28.1. The third-order valence-corrected chi connectivity index (χ3v) is 8.73. The first kappa shape index (κ1) is 25.5. The lowest BCUT2D eigenvalue weighted by molar-refractivity contribution is -0.0591. The van der Waals surface area contributed by atoms with Gasteiger partial charge in [0.2, 0.25) is 5.88 Å². The molecule has 3 unspecified atom stereocenters. The van der Waals surface area contributed by atoms with E-state index in [0.717, 1.165) is 55.9 Å². The number of aromatic carboxylic acids is 1. The molecule has 3 aliphatic rings. The molecule has 2 N–H and O–H groups in total. The zero-order valence-electron chi connectivity index (χ0n) is 22.3. The molecule has 4 aromatic rings. The van der Waals surface area contributed by atoms with Gasteiger partial charge in [0.15, 0.2) is 0 Å². The van der Waals surface area contributed by atoms with Gasteiger partial charge in [-0.25, -0.2) is 19.2 Å². The highest BCUT2D eigenvalue weighted by molar-refractivity contribution is 5.91. The molecule has 1 spiro atoms. The van der Waals surface area contributed by atoms with Gasteiger partial charge in [-0.15, -0.1) is 0 Å². The van der Waals surface area contributed by atoms with Gasteiger partial charge in [0.05, 0.1) is 30.0 Å². The number of ether oxygens (including phenoxy) is 2. The number of fused-ring (bicyclic) bond motifs is 1. The number of benzene rings is 1. The van der Waals surface area contributed by atoms with Crippen LogP contribution in [0.1, 0.15) is 71.2 Å². The highest BCUT2D eigenvalue weighted by atomic mass is 19.1. The van der Waals surface area contributed by atoms with Crippen LogP contribution in [0.15, 0.2) is 48.5 Å². The summed E-state index contributed by atoms with van der Waals surface area (Å²) in [5.74, 6) is 0.277. The quantitative estimate of drug-likeness (QED) is 0.292. The Balaban J connectivity index is 1.06. The number of H-pyrrole nitrogens is 1. The standard InChI is InChI=1S/C31H28FN5O4/c32-23-12-18(15-33)4-5-20(23)17-41-27-3-1-2-24(34-27)19-6-9-31(10-7-19)14-22(31)28-35-25-13-26(30(38)39)36-29(25)37(28)16-21-8-11-40-21/h1-6,12-13,21-22,36H,7-11,14,16-17H2,(H,38,39). The number of pyridine rings is 1. The van der Waals surface area contributed by atoms with Crippen molar-refractivity contribution < 1.29 is 23.8 Å². The Morgan fingerprint density at radius 3 is 2.88 bits per heavy atom. The van der Waals surface area contributed by atoms with Crippen molar-refractivity contribution >= 4 is 22.7 Å². The van der Waals surface area contributed by atoms with Gasteiger partial charge in [-0.05, 0) is 67.4 Å². The number of rotatable bonds is 8. The van der Waals surface area contributed by atoms with Crippen molar-refractivity contribution in [3.05, 3.63) is 82.7 Å². The molecule has 0 amide bonds. The molecule has 1 aromatic carbocycles. The number of carboxylic acid groups (broad SMARTS) is 1. The Hall–Kier alpha value is -4.49. The second-order valence-corrected chi connectivity index (χ2v) is 11.2. The molecule has 1 saturated heterocycles. The summed E-state index contributed by atoms with van der Waals surface area (Å²) in [4.78, 5) is 24.2. The van der Waals surface area contributed by atoms with Crippen LogP contribution in [0.4, 0.5) is 4.39 Å². The van der Waals surface area contributed by atoms with Crippen LogP contribution < -0.4 is 4.74 Å². The van der Waals surface area contributed by atoms with Gasteiger partial charge in [-0.2, -0.15) is 5.26 Å². The Bertz CT molecular complexity index is 1750. The number of aromatic amines is 1. The summed E-state index contributed by atoms with van der Waals surface area (Å²) in [5, 5.41) is 18.4. The van der Waals surface area contributed by atoms with Gasteiger partial charge in [0.25, 0.3) is 0 Å². The molecular weight excluding hydrogens is 525 g/mol. The highest BCUT2D eigenvalue weighted by Crippen LogP contribution is 2.66. The minimum atomic E-state index is -0.992. The van der Waals surface area contributed by atoms with E-state index in [2.05, 4.69) is 20.6 Å². The summed E-state index contributed by atoms with van der Waals surface area (Å²) in [6.07, 6.45) is 7.23. The third-order valence-electron chi connectivity index (χ3n) is 8.73. The summed E-state index contributed by atoms with van der Waals surface area (Å²) >= 11 is 0. The average molecular weight is 554 g/mol. The van der Waals surface area contributed by atoms with Crippen molar-refractivity contribution in [2.45, 2.75) is 57.3 Å². The molecular formula is C31H28FN5O4. The number of imidazole rings is 1. The molecule has 41 heavy (non-hydrogen) atoms. The van der Waals surface area contributed by atoms with Gasteiger partial charge in [-0.3, -0.25) is 0 Å². The van der Waals surface area contributed by atoms with Crippen LogP contribution in [0.25, 0.3) is 16.7 Å². The number of nitrogens with zero attached hydrogens (tertiary/aromatic N) is 4. The maximum absolute atomic E-state index is 14.2. The molecule has 2 aliphatic carbocycles. The smallest absolute Gasteiger partial charge is 0.352 e. The number of allylic oxidation sites excluding steroid dienone is 2. The number of hydrogen-bond donors (Lipinski definition) is 2. The number of hydrogen-bond acceptors (Lipinski definition) is 6. The second kappa shape index (κ2) is 9.85. The Morgan fingerprint density at radius 1 is 1.29 bits per heavy atom. The monoisotopic (exact) mass is 553 g/mol. The first-order valence-corrected chi connectivity index (χ1v) is 13.8. The van der Waals surface area contributed by atoms with E-state index in [9.17, 15) is 14.3 Å². The molecule has 10 heteroatoms. The molecule has 9 nitrogen and oxygen atoms in total. The Kier molecular flexibility index (Phi) is 6.12. The van der Waals surface area contributed by atoms with Crippen molar-refractivity contribution in [2.75, 3.05) is 6.61 Å². The molecule has 1 saturated carbocycles. The Morgan fingerprint density at radius 2 is 2.17 bits per heavy atom. The number of halogens is 1. The van der Waals surface area contributed by atoms with E-state index < -0.39 is 11.8 Å². The Labute approximate surface area is 235 Å². The molecule has 2 fully saturated rings. The van der Waals surface area contributed by atoms with Crippen LogP contribution in [-0.4, -0.2) is 43.3 Å². The number of aromatic nitrogens is 4. The van der Waals surface area contributed by atoms with Crippen LogP contribution in [0.3, 0.4) is 0 Å². The van der Waals surface area contributed by atoms with Gasteiger partial charge < -0.3 is 24.1 Å². The molecule has 4 heterocycles. The van der Waals surface area contributed by atoms with Crippen molar-refractivity contribution in [1.29, 1.82) is 5.26 Å². The van der Waals surface area contributed by atoms with E-state index in [1.807, 2.05) is 18.2 Å². The summed E-state index contributed by atoms with van der Waals surface area (Å²) in [6, 6.07) is 13.5. The van der Waals surface area contributed by atoms with Gasteiger partial charge in [0.1, 0.15) is 35.1 Å². The molecule has 3 atom stereocenters. The first-order valence-electron chi connectivity index (χ1n) is 13.8. The lowest BCUT2D eigenvalue weighted by atomic mass is 9.83. The predicted octanol–water partition coefficient (Wildman–Crippen LogP) is 5.58. The summed E-state index contributed by atoms with van der Waals surface area (Å²) < 4.78 is 27.9. The zero-order valence-corrected chi connectivity index (χ0v) is 22.3. The lowest BCUT2D eigenvalue weighted by Crippen LogP contribution is -2.32. The molecule has 0 bridgehead atoms. The van der Waals surface area contributed by atoms with Crippen molar-refractivity contribution in [2.24, 2.45) is 5.41 Å². The third kappa shape index (κ3) is 4.66. The van der Waals surface area contributed by atoms with E-state index in [1.54, 1.807) is 24.3 Å². The lowest BCUT2D eigenvalue weighted by Gasteiger charge is -2.28. The van der Waals surface area contributed by atoms with Crippen LogP contribution in [0.2, 0.25) is 0 Å². The van der Waals surface area contributed by atoms with Crippen LogP contribution in [-0.2, 0) is 17.9 Å². The molecule has 3 aromatic heterocycles. The molecule has 0 radical (unpaired) electrons. The summed E-state index contributed by atoms with van der Waals surface area (Å²) in [5.41, 5.74) is 4.39. The van der Waals surface area contributed by atoms with E-state index in [4.69, 9.17) is 19.7 Å². The van der Waals surface area contributed by atoms with E-state index in [0.29, 0.717) is 29.4 Å². The van der Waals surface area contributed by atoms with E-state index >= 15 is 0 Å².